The van der Waals surface area contributed by atoms with Gasteiger partial charge >= 0.3 is 0 Å². The maximum Gasteiger partial charge on any atom is 0.0766 e. The van der Waals surface area contributed by atoms with Gasteiger partial charge in [-0.3, -0.25) is 4.98 Å². The first kappa shape index (κ1) is 13.1. The fourth-order valence-electron chi connectivity index (χ4n) is 2.00. The molecule has 1 aromatic carbocycles. The molecule has 0 amide bonds. The van der Waals surface area contributed by atoms with Crippen molar-refractivity contribution in [1.82, 2.24) is 10.3 Å². The van der Waals surface area contributed by atoms with Crippen molar-refractivity contribution in [3.63, 3.8) is 0 Å². The standard InChI is InChI=1S/C14H18ClN3/c1-10-4-5-11(15)13-12(6-9-18-14(10)13)17-8-3-7-16-2/h4-6,9,16H,3,7-8H2,1-2H3,(H,17,18). The number of fused-ring (bicyclic) bond motifs is 1. The van der Waals surface area contributed by atoms with E-state index in [0.717, 1.165) is 46.7 Å². The zero-order chi connectivity index (χ0) is 13.0. The molecule has 2 N–H and O–H groups in total. The summed E-state index contributed by atoms with van der Waals surface area (Å²) in [5.41, 5.74) is 3.18. The molecule has 96 valence electrons. The van der Waals surface area contributed by atoms with Crippen molar-refractivity contribution in [1.29, 1.82) is 0 Å². The molecule has 2 rings (SSSR count). The van der Waals surface area contributed by atoms with Crippen LogP contribution < -0.4 is 10.6 Å². The molecule has 0 atom stereocenters. The van der Waals surface area contributed by atoms with Crippen LogP contribution in [0.3, 0.4) is 0 Å². The van der Waals surface area contributed by atoms with Crippen molar-refractivity contribution in [3.8, 4) is 0 Å². The average Bonchev–Trinajstić information content (AvgIpc) is 2.39. The molecule has 0 radical (unpaired) electrons. The fraction of sp³-hybridized carbons (Fsp3) is 0.357. The minimum atomic E-state index is 0.750. The van der Waals surface area contributed by atoms with Crippen molar-refractivity contribution >= 4 is 28.2 Å². The van der Waals surface area contributed by atoms with E-state index in [1.807, 2.05) is 31.4 Å². The van der Waals surface area contributed by atoms with Crippen molar-refractivity contribution in [3.05, 3.63) is 35.0 Å². The monoisotopic (exact) mass is 263 g/mol. The molecule has 0 spiro atoms. The van der Waals surface area contributed by atoms with Crippen LogP contribution in [-0.4, -0.2) is 25.1 Å². The summed E-state index contributed by atoms with van der Waals surface area (Å²) >= 11 is 6.28. The van der Waals surface area contributed by atoms with Gasteiger partial charge in [0.25, 0.3) is 0 Å². The number of pyridine rings is 1. The van der Waals surface area contributed by atoms with Gasteiger partial charge in [-0.15, -0.1) is 0 Å². The first-order valence-corrected chi connectivity index (χ1v) is 6.54. The third-order valence-corrected chi connectivity index (χ3v) is 3.28. The highest BCUT2D eigenvalue weighted by Crippen LogP contribution is 2.30. The Morgan fingerprint density at radius 2 is 2.06 bits per heavy atom. The Balaban J connectivity index is 2.30. The number of aryl methyl sites for hydroxylation is 1. The van der Waals surface area contributed by atoms with E-state index in [-0.39, 0.29) is 0 Å². The van der Waals surface area contributed by atoms with E-state index >= 15 is 0 Å². The molecule has 0 saturated carbocycles. The summed E-state index contributed by atoms with van der Waals surface area (Å²) in [7, 11) is 1.96. The Labute approximate surface area is 113 Å². The number of nitrogens with zero attached hydrogens (tertiary/aromatic N) is 1. The van der Waals surface area contributed by atoms with Crippen molar-refractivity contribution in [2.75, 3.05) is 25.5 Å². The fourth-order valence-corrected chi connectivity index (χ4v) is 2.25. The Morgan fingerprint density at radius 1 is 1.22 bits per heavy atom. The topological polar surface area (TPSA) is 37.0 Å². The van der Waals surface area contributed by atoms with Crippen LogP contribution in [0.2, 0.25) is 5.02 Å². The number of anilines is 1. The molecule has 0 aliphatic carbocycles. The molecule has 4 heteroatoms. The number of halogens is 1. The van der Waals surface area contributed by atoms with E-state index in [9.17, 15) is 0 Å². The number of aromatic nitrogens is 1. The van der Waals surface area contributed by atoms with Crippen LogP contribution in [-0.2, 0) is 0 Å². The van der Waals surface area contributed by atoms with Crippen LogP contribution in [0.25, 0.3) is 10.9 Å². The van der Waals surface area contributed by atoms with Gasteiger partial charge < -0.3 is 10.6 Å². The molecular formula is C14H18ClN3. The van der Waals surface area contributed by atoms with Crippen LogP contribution >= 0.6 is 11.6 Å². The molecule has 0 bridgehead atoms. The van der Waals surface area contributed by atoms with Crippen molar-refractivity contribution < 1.29 is 0 Å². The van der Waals surface area contributed by atoms with E-state index in [4.69, 9.17) is 11.6 Å². The number of rotatable bonds is 5. The Bertz CT molecular complexity index is 540. The van der Waals surface area contributed by atoms with Crippen LogP contribution in [0.4, 0.5) is 5.69 Å². The van der Waals surface area contributed by atoms with Gasteiger partial charge in [-0.05, 0) is 44.6 Å². The number of hydrogen-bond donors (Lipinski definition) is 2. The molecule has 1 heterocycles. The second kappa shape index (κ2) is 6.03. The van der Waals surface area contributed by atoms with E-state index in [0.29, 0.717) is 0 Å². The lowest BCUT2D eigenvalue weighted by atomic mass is 10.1. The van der Waals surface area contributed by atoms with Crippen molar-refractivity contribution in [2.24, 2.45) is 0 Å². The van der Waals surface area contributed by atoms with Gasteiger partial charge in [-0.2, -0.15) is 0 Å². The molecule has 0 unspecified atom stereocenters. The van der Waals surface area contributed by atoms with Gasteiger partial charge in [-0.25, -0.2) is 0 Å². The third kappa shape index (κ3) is 2.74. The van der Waals surface area contributed by atoms with Gasteiger partial charge in [0.1, 0.15) is 0 Å². The highest BCUT2D eigenvalue weighted by Gasteiger charge is 2.07. The average molecular weight is 264 g/mol. The Morgan fingerprint density at radius 3 is 2.83 bits per heavy atom. The van der Waals surface area contributed by atoms with Gasteiger partial charge in [0.05, 0.1) is 10.5 Å². The summed E-state index contributed by atoms with van der Waals surface area (Å²) in [5, 5.41) is 8.33. The molecule has 1 aromatic heterocycles. The lowest BCUT2D eigenvalue weighted by molar-refractivity contribution is 0.748. The summed E-state index contributed by atoms with van der Waals surface area (Å²) in [6.07, 6.45) is 2.90. The number of hydrogen-bond acceptors (Lipinski definition) is 3. The highest BCUT2D eigenvalue weighted by molar-refractivity contribution is 6.36. The normalized spacial score (nSPS) is 10.8. The lowest BCUT2D eigenvalue weighted by Gasteiger charge is -2.11. The van der Waals surface area contributed by atoms with E-state index in [2.05, 4.69) is 22.5 Å². The highest BCUT2D eigenvalue weighted by atomic mass is 35.5. The smallest absolute Gasteiger partial charge is 0.0766 e. The summed E-state index contributed by atoms with van der Waals surface area (Å²) in [6.45, 7) is 3.98. The summed E-state index contributed by atoms with van der Waals surface area (Å²) in [4.78, 5) is 4.41. The van der Waals surface area contributed by atoms with Gasteiger partial charge in [0.15, 0.2) is 0 Å². The summed E-state index contributed by atoms with van der Waals surface area (Å²) in [6, 6.07) is 5.91. The first-order chi connectivity index (χ1) is 8.74. The zero-order valence-electron chi connectivity index (χ0n) is 10.8. The Kier molecular flexibility index (Phi) is 4.39. The molecule has 3 nitrogen and oxygen atoms in total. The minimum Gasteiger partial charge on any atom is -0.384 e. The molecular weight excluding hydrogens is 246 g/mol. The second-order valence-electron chi connectivity index (χ2n) is 4.33. The van der Waals surface area contributed by atoms with E-state index < -0.39 is 0 Å². The minimum absolute atomic E-state index is 0.750. The quantitative estimate of drug-likeness (QED) is 0.814. The maximum atomic E-state index is 6.28. The molecule has 0 saturated heterocycles. The Hall–Kier alpha value is -1.32. The molecule has 0 fully saturated rings. The molecule has 18 heavy (non-hydrogen) atoms. The number of benzene rings is 1. The van der Waals surface area contributed by atoms with Crippen LogP contribution in [0.1, 0.15) is 12.0 Å². The summed E-state index contributed by atoms with van der Waals surface area (Å²) in [5.74, 6) is 0. The van der Waals surface area contributed by atoms with E-state index in [1.165, 1.54) is 0 Å². The molecule has 0 aliphatic rings. The SMILES string of the molecule is CNCCCNc1ccnc2c(C)ccc(Cl)c12. The van der Waals surface area contributed by atoms with Gasteiger partial charge in [0.2, 0.25) is 0 Å². The predicted octanol–water partition coefficient (Wildman–Crippen LogP) is 3.22. The van der Waals surface area contributed by atoms with Crippen LogP contribution in [0.5, 0.6) is 0 Å². The summed E-state index contributed by atoms with van der Waals surface area (Å²) < 4.78 is 0. The predicted molar refractivity (Wildman–Crippen MR) is 78.5 cm³/mol. The van der Waals surface area contributed by atoms with Crippen molar-refractivity contribution in [2.45, 2.75) is 13.3 Å². The third-order valence-electron chi connectivity index (χ3n) is 2.96. The van der Waals surface area contributed by atoms with Gasteiger partial charge in [0, 0.05) is 23.8 Å². The largest absolute Gasteiger partial charge is 0.384 e. The zero-order valence-corrected chi connectivity index (χ0v) is 11.5. The molecule has 2 aromatic rings. The lowest BCUT2D eigenvalue weighted by Crippen LogP contribution is -2.13. The second-order valence-corrected chi connectivity index (χ2v) is 4.74. The van der Waals surface area contributed by atoms with E-state index in [1.54, 1.807) is 0 Å². The number of nitrogens with one attached hydrogen (secondary N) is 2. The maximum absolute atomic E-state index is 6.28. The van der Waals surface area contributed by atoms with Gasteiger partial charge in [-0.1, -0.05) is 17.7 Å². The van der Waals surface area contributed by atoms with Crippen LogP contribution in [0.15, 0.2) is 24.4 Å². The first-order valence-electron chi connectivity index (χ1n) is 6.16. The van der Waals surface area contributed by atoms with Crippen LogP contribution in [0, 0.1) is 6.92 Å². The molecule has 0 aliphatic heterocycles.